The molecule has 0 N–H and O–H groups in total. The molecule has 1 heterocycles. The molecule has 0 bridgehead atoms. The summed E-state index contributed by atoms with van der Waals surface area (Å²) in [5.74, 6) is 0. The minimum absolute atomic E-state index is 0.404. The minimum atomic E-state index is -2.19. The first-order valence-electron chi connectivity index (χ1n) is 5.82. The number of hydrogen-bond acceptors (Lipinski definition) is 5. The molecule has 17 heavy (non-hydrogen) atoms. The second-order valence-corrected chi connectivity index (χ2v) is 6.83. The van der Waals surface area contributed by atoms with Gasteiger partial charge in [0.1, 0.15) is 6.10 Å². The Morgan fingerprint density at radius 2 is 1.76 bits per heavy atom. The van der Waals surface area contributed by atoms with Gasteiger partial charge >= 0.3 is 8.80 Å². The molecule has 1 rings (SSSR count). The maximum Gasteiger partial charge on any atom is 0.499 e. The smallest absolute Gasteiger partial charge is 0.379 e. The van der Waals surface area contributed by atoms with Crippen molar-refractivity contribution in [3.05, 3.63) is 6.92 Å². The van der Waals surface area contributed by atoms with Crippen molar-refractivity contribution in [2.24, 2.45) is 0 Å². The molecule has 1 fully saturated rings. The molecular formula is C11H25O5Si. The molecule has 1 radical (unpaired) electrons. The van der Waals surface area contributed by atoms with Crippen LogP contribution in [0, 0.1) is 6.92 Å². The van der Waals surface area contributed by atoms with Crippen molar-refractivity contribution >= 4 is 8.80 Å². The van der Waals surface area contributed by atoms with Crippen LogP contribution >= 0.6 is 0 Å². The maximum atomic E-state index is 5.12. The van der Waals surface area contributed by atoms with Crippen molar-refractivity contribution < 1.29 is 22.8 Å². The highest BCUT2D eigenvalue weighted by molar-refractivity contribution is 6.60. The fourth-order valence-electron chi connectivity index (χ4n) is 1.16. The summed E-state index contributed by atoms with van der Waals surface area (Å²) in [6.07, 6.45) is 1.26. The molecule has 5 nitrogen and oxygen atoms in total. The first-order valence-corrected chi connectivity index (χ1v) is 7.75. The van der Waals surface area contributed by atoms with Gasteiger partial charge in [0.05, 0.1) is 13.2 Å². The van der Waals surface area contributed by atoms with E-state index in [1.54, 1.807) is 21.3 Å². The quantitative estimate of drug-likeness (QED) is 0.378. The van der Waals surface area contributed by atoms with Crippen molar-refractivity contribution in [3.63, 3.8) is 0 Å². The number of ether oxygens (including phenoxy) is 2. The summed E-state index contributed by atoms with van der Waals surface area (Å²) < 4.78 is 25.3. The van der Waals surface area contributed by atoms with Crippen LogP contribution in [0.25, 0.3) is 0 Å². The SMILES string of the molecule is CC[Si](OC)(OC)OC.[CH2]CCOCC1CO1. The van der Waals surface area contributed by atoms with E-state index in [0.717, 1.165) is 32.3 Å². The lowest BCUT2D eigenvalue weighted by molar-refractivity contribution is 0.120. The molecule has 6 heteroatoms. The monoisotopic (exact) mass is 265 g/mol. The molecule has 0 saturated carbocycles. The molecule has 0 aromatic heterocycles. The minimum Gasteiger partial charge on any atom is -0.379 e. The van der Waals surface area contributed by atoms with E-state index in [9.17, 15) is 0 Å². The molecule has 0 amide bonds. The van der Waals surface area contributed by atoms with E-state index < -0.39 is 8.80 Å². The van der Waals surface area contributed by atoms with Crippen molar-refractivity contribution in [1.82, 2.24) is 0 Å². The molecule has 0 aromatic rings. The van der Waals surface area contributed by atoms with E-state index in [1.807, 2.05) is 6.92 Å². The van der Waals surface area contributed by atoms with Crippen molar-refractivity contribution in [3.8, 4) is 0 Å². The Bertz CT molecular complexity index is 154. The first-order chi connectivity index (χ1) is 8.17. The third-order valence-electron chi connectivity index (χ3n) is 2.36. The molecule has 1 saturated heterocycles. The molecule has 103 valence electrons. The van der Waals surface area contributed by atoms with Crippen LogP contribution in [0.5, 0.6) is 0 Å². The van der Waals surface area contributed by atoms with Gasteiger partial charge in [-0.05, 0) is 6.42 Å². The predicted molar refractivity (Wildman–Crippen MR) is 67.8 cm³/mol. The summed E-state index contributed by atoms with van der Waals surface area (Å²) in [5, 5.41) is 0. The summed E-state index contributed by atoms with van der Waals surface area (Å²) in [4.78, 5) is 0. The molecule has 1 atom stereocenters. The highest BCUT2D eigenvalue weighted by atomic mass is 28.4. The normalized spacial score (nSPS) is 18.5. The molecule has 0 aliphatic carbocycles. The van der Waals surface area contributed by atoms with Crippen LogP contribution in [0.2, 0.25) is 6.04 Å². The Kier molecular flexibility index (Phi) is 10.00. The zero-order valence-electron chi connectivity index (χ0n) is 11.4. The fourth-order valence-corrected chi connectivity index (χ4v) is 2.53. The van der Waals surface area contributed by atoms with E-state index >= 15 is 0 Å². The van der Waals surface area contributed by atoms with Gasteiger partial charge in [0.2, 0.25) is 0 Å². The van der Waals surface area contributed by atoms with Crippen LogP contribution in [-0.2, 0) is 22.8 Å². The maximum absolute atomic E-state index is 5.12. The summed E-state index contributed by atoms with van der Waals surface area (Å²) in [6.45, 7) is 8.04. The Morgan fingerprint density at radius 1 is 1.24 bits per heavy atom. The zero-order valence-corrected chi connectivity index (χ0v) is 12.4. The lowest BCUT2D eigenvalue weighted by Crippen LogP contribution is -2.41. The lowest BCUT2D eigenvalue weighted by atomic mass is 10.5. The van der Waals surface area contributed by atoms with Crippen molar-refractivity contribution in [1.29, 1.82) is 0 Å². The van der Waals surface area contributed by atoms with Gasteiger partial charge in [0.15, 0.2) is 0 Å². The Labute approximate surface area is 106 Å². The summed E-state index contributed by atoms with van der Waals surface area (Å²) in [6, 6.07) is 0.816. The van der Waals surface area contributed by atoms with E-state index in [-0.39, 0.29) is 0 Å². The average molecular weight is 265 g/mol. The topological polar surface area (TPSA) is 49.5 Å². The van der Waals surface area contributed by atoms with Gasteiger partial charge in [-0.1, -0.05) is 13.8 Å². The van der Waals surface area contributed by atoms with Crippen LogP contribution in [0.4, 0.5) is 0 Å². The van der Waals surface area contributed by atoms with Gasteiger partial charge in [0.25, 0.3) is 0 Å². The number of rotatable bonds is 8. The molecule has 1 unspecified atom stereocenters. The van der Waals surface area contributed by atoms with Gasteiger partial charge in [-0.15, -0.1) is 0 Å². The van der Waals surface area contributed by atoms with Gasteiger partial charge in [-0.3, -0.25) is 0 Å². The highest BCUT2D eigenvalue weighted by Gasteiger charge is 2.34. The molecule has 0 aromatic carbocycles. The summed E-state index contributed by atoms with van der Waals surface area (Å²) in [7, 11) is 2.65. The largest absolute Gasteiger partial charge is 0.499 e. The Morgan fingerprint density at radius 3 is 2.00 bits per heavy atom. The second kappa shape index (κ2) is 9.99. The van der Waals surface area contributed by atoms with Crippen LogP contribution in [0.15, 0.2) is 0 Å². The van der Waals surface area contributed by atoms with Crippen LogP contribution < -0.4 is 0 Å². The van der Waals surface area contributed by atoms with Crippen molar-refractivity contribution in [2.75, 3.05) is 41.2 Å². The zero-order chi connectivity index (χ0) is 13.1. The van der Waals surface area contributed by atoms with Crippen LogP contribution in [0.3, 0.4) is 0 Å². The van der Waals surface area contributed by atoms with Gasteiger partial charge in [-0.25, -0.2) is 0 Å². The van der Waals surface area contributed by atoms with E-state index in [0.29, 0.717) is 6.10 Å². The standard InChI is InChI=1S/C6H11O2.C5H14O3Si/c1-2-3-7-4-6-5-8-6;1-5-9(6-2,7-3)8-4/h6H,1-5H2;5H2,1-4H3. The molecule has 0 spiro atoms. The van der Waals surface area contributed by atoms with Crippen LogP contribution in [0.1, 0.15) is 13.3 Å². The van der Waals surface area contributed by atoms with Crippen LogP contribution in [-0.4, -0.2) is 56.1 Å². The third kappa shape index (κ3) is 7.85. The predicted octanol–water partition coefficient (Wildman–Crippen LogP) is 1.51. The fraction of sp³-hybridized carbons (Fsp3) is 0.909. The summed E-state index contributed by atoms with van der Waals surface area (Å²) >= 11 is 0. The molecule has 1 aliphatic heterocycles. The number of epoxide rings is 1. The lowest BCUT2D eigenvalue weighted by Gasteiger charge is -2.22. The molecule has 1 aliphatic rings. The third-order valence-corrected chi connectivity index (χ3v) is 5.09. The number of hydrogen-bond donors (Lipinski definition) is 0. The summed E-state index contributed by atoms with van der Waals surface area (Å²) in [5.41, 5.74) is 0. The van der Waals surface area contributed by atoms with Gasteiger partial charge in [-0.2, -0.15) is 0 Å². The van der Waals surface area contributed by atoms with E-state index in [4.69, 9.17) is 22.8 Å². The average Bonchev–Trinajstić information content (AvgIpc) is 3.18. The van der Waals surface area contributed by atoms with E-state index in [2.05, 4.69) is 6.92 Å². The van der Waals surface area contributed by atoms with Crippen molar-refractivity contribution in [2.45, 2.75) is 25.5 Å². The Hall–Kier alpha value is 0.0169. The highest BCUT2D eigenvalue weighted by Crippen LogP contribution is 2.10. The molecular weight excluding hydrogens is 240 g/mol. The van der Waals surface area contributed by atoms with Gasteiger partial charge < -0.3 is 22.8 Å². The second-order valence-electron chi connectivity index (χ2n) is 3.53. The first kappa shape index (κ1) is 17.0. The van der Waals surface area contributed by atoms with Gasteiger partial charge in [0, 0.05) is 34.0 Å². The van der Waals surface area contributed by atoms with E-state index in [1.165, 1.54) is 0 Å². The Balaban J connectivity index is 0.000000302.